The molecule has 0 amide bonds. The summed E-state index contributed by atoms with van der Waals surface area (Å²) in [4.78, 5) is 0. The highest BCUT2D eigenvalue weighted by Crippen LogP contribution is 2.35. The third-order valence-corrected chi connectivity index (χ3v) is 5.33. The largest absolute Gasteiger partial charge is 0.399 e. The summed E-state index contributed by atoms with van der Waals surface area (Å²) in [6.45, 7) is 2.26. The third kappa shape index (κ3) is 3.96. The zero-order valence-electron chi connectivity index (χ0n) is 14.3. The maximum atomic E-state index is 5.84. The quantitative estimate of drug-likeness (QED) is 0.649. The van der Waals surface area contributed by atoms with Gasteiger partial charge in [-0.1, -0.05) is 69.0 Å². The fourth-order valence-corrected chi connectivity index (χ4v) is 3.98. The second-order valence-corrected chi connectivity index (χ2v) is 7.01. The van der Waals surface area contributed by atoms with Gasteiger partial charge in [-0.3, -0.25) is 0 Å². The maximum absolute atomic E-state index is 5.84. The highest BCUT2D eigenvalue weighted by molar-refractivity contribution is 5.43. The van der Waals surface area contributed by atoms with Crippen LogP contribution in [0.15, 0.2) is 48.5 Å². The van der Waals surface area contributed by atoms with Crippen molar-refractivity contribution < 1.29 is 0 Å². The number of rotatable bonds is 5. The van der Waals surface area contributed by atoms with E-state index >= 15 is 0 Å². The Morgan fingerprint density at radius 1 is 0.870 bits per heavy atom. The van der Waals surface area contributed by atoms with Crippen LogP contribution in [0.25, 0.3) is 0 Å². The molecule has 1 atom stereocenters. The molecule has 0 aliphatic heterocycles. The first-order chi connectivity index (χ1) is 11.3. The zero-order chi connectivity index (χ0) is 16.1. The van der Waals surface area contributed by atoms with Gasteiger partial charge in [-0.25, -0.2) is 0 Å². The molecule has 0 bridgehead atoms. The highest BCUT2D eigenvalue weighted by Gasteiger charge is 2.17. The average molecular weight is 307 g/mol. The van der Waals surface area contributed by atoms with Crippen LogP contribution < -0.4 is 5.73 Å². The van der Waals surface area contributed by atoms with Crippen LogP contribution in [0.5, 0.6) is 0 Å². The molecule has 1 aliphatic carbocycles. The van der Waals surface area contributed by atoms with Crippen LogP contribution in [0.4, 0.5) is 5.69 Å². The first kappa shape index (κ1) is 16.1. The van der Waals surface area contributed by atoms with Crippen molar-refractivity contribution in [3.05, 3.63) is 65.2 Å². The fourth-order valence-electron chi connectivity index (χ4n) is 3.98. The molecule has 0 heterocycles. The third-order valence-electron chi connectivity index (χ3n) is 5.33. The van der Waals surface area contributed by atoms with E-state index in [1.165, 1.54) is 56.1 Å². The van der Waals surface area contributed by atoms with Gasteiger partial charge in [-0.2, -0.15) is 0 Å². The summed E-state index contributed by atoms with van der Waals surface area (Å²) in [6.07, 6.45) is 9.34. The van der Waals surface area contributed by atoms with Crippen molar-refractivity contribution in [1.82, 2.24) is 0 Å². The van der Waals surface area contributed by atoms with Crippen molar-refractivity contribution in [3.63, 3.8) is 0 Å². The lowest BCUT2D eigenvalue weighted by Gasteiger charge is -2.23. The van der Waals surface area contributed by atoms with Crippen LogP contribution >= 0.6 is 0 Å². The molecule has 2 aromatic carbocycles. The Labute approximate surface area is 140 Å². The van der Waals surface area contributed by atoms with E-state index in [0.717, 1.165) is 11.6 Å². The van der Waals surface area contributed by atoms with Crippen LogP contribution in [0.3, 0.4) is 0 Å². The fraction of sp³-hybridized carbons (Fsp3) is 0.455. The Bertz CT molecular complexity index is 591. The number of benzene rings is 2. The Hall–Kier alpha value is -1.76. The topological polar surface area (TPSA) is 26.0 Å². The minimum atomic E-state index is 0.487. The molecule has 0 spiro atoms. The number of nitrogen functional groups attached to an aromatic ring is 1. The van der Waals surface area contributed by atoms with Gasteiger partial charge >= 0.3 is 0 Å². The van der Waals surface area contributed by atoms with Crippen LogP contribution in [-0.4, -0.2) is 0 Å². The van der Waals surface area contributed by atoms with E-state index in [1.807, 2.05) is 12.1 Å². The smallest absolute Gasteiger partial charge is 0.0314 e. The van der Waals surface area contributed by atoms with Crippen molar-refractivity contribution in [2.45, 2.75) is 63.7 Å². The van der Waals surface area contributed by atoms with Crippen molar-refractivity contribution in [2.75, 3.05) is 5.73 Å². The molecule has 1 nitrogen and oxygen atoms in total. The first-order valence-electron chi connectivity index (χ1n) is 9.23. The van der Waals surface area contributed by atoms with Gasteiger partial charge in [-0.15, -0.1) is 0 Å². The van der Waals surface area contributed by atoms with Gasteiger partial charge in [0.25, 0.3) is 0 Å². The second kappa shape index (κ2) is 7.68. The lowest BCUT2D eigenvalue weighted by molar-refractivity contribution is 0.443. The summed E-state index contributed by atoms with van der Waals surface area (Å²) < 4.78 is 0. The van der Waals surface area contributed by atoms with Crippen LogP contribution in [0.1, 0.15) is 80.4 Å². The molecule has 1 fully saturated rings. The molecular weight excluding hydrogens is 278 g/mol. The molecule has 1 heteroatoms. The Balaban J connectivity index is 1.80. The maximum Gasteiger partial charge on any atom is 0.0314 e. The first-order valence-corrected chi connectivity index (χ1v) is 9.23. The second-order valence-electron chi connectivity index (χ2n) is 7.01. The van der Waals surface area contributed by atoms with Crippen molar-refractivity contribution in [1.29, 1.82) is 0 Å². The van der Waals surface area contributed by atoms with Gasteiger partial charge in [0.15, 0.2) is 0 Å². The number of nitrogens with two attached hydrogens (primary N) is 1. The Kier molecular flexibility index (Phi) is 5.38. The Morgan fingerprint density at radius 2 is 1.43 bits per heavy atom. The minimum absolute atomic E-state index is 0.487. The summed E-state index contributed by atoms with van der Waals surface area (Å²) in [5, 5.41) is 0. The molecule has 23 heavy (non-hydrogen) atoms. The van der Waals surface area contributed by atoms with Gasteiger partial charge in [0, 0.05) is 11.6 Å². The van der Waals surface area contributed by atoms with E-state index in [-0.39, 0.29) is 0 Å². The molecule has 0 aromatic heterocycles. The SMILES string of the molecule is CCCC(c1ccc(N)cc1)c1ccc(C2CCCCC2)cc1. The predicted octanol–water partition coefficient (Wildman–Crippen LogP) is 6.25. The predicted molar refractivity (Wildman–Crippen MR) is 99.9 cm³/mol. The van der Waals surface area contributed by atoms with Crippen LogP contribution in [-0.2, 0) is 0 Å². The van der Waals surface area contributed by atoms with E-state index in [9.17, 15) is 0 Å². The van der Waals surface area contributed by atoms with E-state index in [0.29, 0.717) is 5.92 Å². The average Bonchev–Trinajstić information content (AvgIpc) is 2.62. The lowest BCUT2D eigenvalue weighted by Crippen LogP contribution is -2.05. The van der Waals surface area contributed by atoms with Crippen LogP contribution in [0.2, 0.25) is 0 Å². The molecule has 1 aliphatic rings. The number of anilines is 1. The standard InChI is InChI=1S/C22H29N/c1-2-6-22(20-13-15-21(23)16-14-20)19-11-9-18(10-12-19)17-7-4-3-5-8-17/h9-17,22H,2-8,23H2,1H3. The van der Waals surface area contributed by atoms with Gasteiger partial charge in [0.2, 0.25) is 0 Å². The lowest BCUT2D eigenvalue weighted by atomic mass is 9.82. The highest BCUT2D eigenvalue weighted by atomic mass is 14.5. The van der Waals surface area contributed by atoms with E-state index in [2.05, 4.69) is 43.3 Å². The molecule has 3 rings (SSSR count). The van der Waals surface area contributed by atoms with Crippen molar-refractivity contribution in [2.24, 2.45) is 0 Å². The summed E-state index contributed by atoms with van der Waals surface area (Å²) in [6, 6.07) is 17.9. The number of hydrogen-bond acceptors (Lipinski definition) is 1. The van der Waals surface area contributed by atoms with Gasteiger partial charge in [0.1, 0.15) is 0 Å². The van der Waals surface area contributed by atoms with Crippen molar-refractivity contribution >= 4 is 5.69 Å². The van der Waals surface area contributed by atoms with E-state index in [1.54, 1.807) is 5.56 Å². The summed E-state index contributed by atoms with van der Waals surface area (Å²) in [7, 11) is 0. The monoisotopic (exact) mass is 307 g/mol. The molecule has 1 unspecified atom stereocenters. The van der Waals surface area contributed by atoms with Crippen molar-refractivity contribution in [3.8, 4) is 0 Å². The van der Waals surface area contributed by atoms with Gasteiger partial charge in [-0.05, 0) is 54.0 Å². The molecule has 2 N–H and O–H groups in total. The molecule has 122 valence electrons. The van der Waals surface area contributed by atoms with Gasteiger partial charge in [0.05, 0.1) is 0 Å². The number of hydrogen-bond donors (Lipinski definition) is 1. The Morgan fingerprint density at radius 3 is 2.00 bits per heavy atom. The summed E-state index contributed by atoms with van der Waals surface area (Å²) in [5.74, 6) is 1.28. The summed E-state index contributed by atoms with van der Waals surface area (Å²) in [5.41, 5.74) is 11.1. The van der Waals surface area contributed by atoms with E-state index in [4.69, 9.17) is 5.73 Å². The molecule has 2 aromatic rings. The van der Waals surface area contributed by atoms with Crippen LogP contribution in [0, 0.1) is 0 Å². The minimum Gasteiger partial charge on any atom is -0.399 e. The summed E-state index contributed by atoms with van der Waals surface area (Å²) >= 11 is 0. The van der Waals surface area contributed by atoms with E-state index < -0.39 is 0 Å². The molecule has 0 saturated heterocycles. The molecule has 1 saturated carbocycles. The normalized spacial score (nSPS) is 17.1. The molecule has 0 radical (unpaired) electrons. The van der Waals surface area contributed by atoms with Gasteiger partial charge < -0.3 is 5.73 Å². The zero-order valence-corrected chi connectivity index (χ0v) is 14.3. The molecular formula is C22H29N.